The highest BCUT2D eigenvalue weighted by molar-refractivity contribution is 8.01. The maximum absolute atomic E-state index is 13.7. The monoisotopic (exact) mass is 541 g/mol. The van der Waals surface area contributed by atoms with Crippen LogP contribution in [0.25, 0.3) is 0 Å². The zero-order valence-corrected chi connectivity index (χ0v) is 22.8. The molecule has 0 amide bonds. The summed E-state index contributed by atoms with van der Waals surface area (Å²) in [4.78, 5) is 27.0. The number of thioether (sulfide) groups is 1. The first kappa shape index (κ1) is 26.5. The highest BCUT2D eigenvalue weighted by atomic mass is 32.2. The summed E-state index contributed by atoms with van der Waals surface area (Å²) < 4.78 is 16.3. The Hall–Kier alpha value is -3.56. The highest BCUT2D eigenvalue weighted by Gasteiger charge is 2.46. The number of nitrogens with zero attached hydrogens (tertiary/aromatic N) is 4. The fourth-order valence-corrected chi connectivity index (χ4v) is 6.35. The molecule has 1 aliphatic heterocycles. The van der Waals surface area contributed by atoms with E-state index in [-0.39, 0.29) is 34.3 Å². The van der Waals surface area contributed by atoms with E-state index in [1.54, 1.807) is 30.2 Å². The van der Waals surface area contributed by atoms with Crippen molar-refractivity contribution < 1.29 is 23.8 Å². The number of esters is 1. The molecule has 0 spiro atoms. The van der Waals surface area contributed by atoms with Gasteiger partial charge in [-0.25, -0.2) is 0 Å². The minimum Gasteiger partial charge on any atom is -0.497 e. The zero-order valence-electron chi connectivity index (χ0n) is 21.2. The molecule has 0 bridgehead atoms. The van der Waals surface area contributed by atoms with Crippen molar-refractivity contribution in [2.24, 2.45) is 11.1 Å². The number of carbonyl (C=O) groups is 2. The van der Waals surface area contributed by atoms with Gasteiger partial charge < -0.3 is 19.9 Å². The van der Waals surface area contributed by atoms with Crippen molar-refractivity contribution in [2.45, 2.75) is 36.9 Å². The first-order chi connectivity index (χ1) is 17.6. The number of benzene rings is 1. The molecule has 0 fully saturated rings. The molecule has 2 heterocycles. The quantitative estimate of drug-likeness (QED) is 0.404. The largest absolute Gasteiger partial charge is 0.497 e. The molecule has 0 saturated carbocycles. The van der Waals surface area contributed by atoms with E-state index in [0.717, 1.165) is 0 Å². The maximum Gasteiger partial charge on any atom is 0.316 e. The molecule has 0 saturated heterocycles. The van der Waals surface area contributed by atoms with Crippen LogP contribution in [0.4, 0.5) is 5.13 Å². The number of Topliss-reactive ketones (excluding diaryl/α,β-unsaturated/α-hetero) is 1. The SMILES string of the molecule is COC(=O)CSc1nnc(N2C(N)=C(C#N)C(c3cc(OC)ccc3OC)C3=C2CC(C)(C)CC3=O)s1. The van der Waals surface area contributed by atoms with Gasteiger partial charge in [0.25, 0.3) is 0 Å². The second kappa shape index (κ2) is 10.4. The Labute approximate surface area is 223 Å². The van der Waals surface area contributed by atoms with E-state index in [4.69, 9.17) is 19.9 Å². The molecule has 12 heteroatoms. The van der Waals surface area contributed by atoms with E-state index >= 15 is 0 Å². The normalized spacial score (nSPS) is 18.9. The molecule has 4 rings (SSSR count). The summed E-state index contributed by atoms with van der Waals surface area (Å²) in [6, 6.07) is 7.52. The number of hydrogen-bond acceptors (Lipinski definition) is 12. The smallest absolute Gasteiger partial charge is 0.316 e. The number of methoxy groups -OCH3 is 3. The maximum atomic E-state index is 13.7. The van der Waals surface area contributed by atoms with Gasteiger partial charge in [0.1, 0.15) is 17.3 Å². The van der Waals surface area contributed by atoms with Crippen LogP contribution in [0.3, 0.4) is 0 Å². The molecule has 1 aromatic carbocycles. The van der Waals surface area contributed by atoms with Crippen LogP contribution in [0.5, 0.6) is 11.5 Å². The summed E-state index contributed by atoms with van der Waals surface area (Å²) in [5.74, 6) is 0.143. The number of hydrogen-bond donors (Lipinski definition) is 1. The minimum absolute atomic E-state index is 0.0730. The Kier molecular flexibility index (Phi) is 7.47. The van der Waals surface area contributed by atoms with Gasteiger partial charge in [0.2, 0.25) is 5.13 Å². The Morgan fingerprint density at radius 2 is 2.03 bits per heavy atom. The third kappa shape index (κ3) is 5.01. The lowest BCUT2D eigenvalue weighted by atomic mass is 9.68. The summed E-state index contributed by atoms with van der Waals surface area (Å²) >= 11 is 2.41. The second-order valence-corrected chi connectivity index (χ2v) is 11.5. The van der Waals surface area contributed by atoms with Gasteiger partial charge >= 0.3 is 5.97 Å². The van der Waals surface area contributed by atoms with Gasteiger partial charge in [-0.2, -0.15) is 5.26 Å². The number of nitriles is 1. The van der Waals surface area contributed by atoms with Crippen molar-refractivity contribution in [1.82, 2.24) is 10.2 Å². The van der Waals surface area contributed by atoms with Crippen LogP contribution in [0.15, 0.2) is 45.2 Å². The van der Waals surface area contributed by atoms with E-state index in [0.29, 0.717) is 50.6 Å². The van der Waals surface area contributed by atoms with Crippen LogP contribution < -0.4 is 20.1 Å². The van der Waals surface area contributed by atoms with Crippen molar-refractivity contribution >= 4 is 40.0 Å². The van der Waals surface area contributed by atoms with Crippen LogP contribution in [-0.2, 0) is 14.3 Å². The van der Waals surface area contributed by atoms with Gasteiger partial charge in [-0.05, 0) is 30.0 Å². The van der Waals surface area contributed by atoms with Crippen LogP contribution in [0.2, 0.25) is 0 Å². The van der Waals surface area contributed by atoms with Crippen LogP contribution in [-0.4, -0.2) is 49.0 Å². The summed E-state index contributed by atoms with van der Waals surface area (Å²) in [6.07, 6.45) is 0.845. The van der Waals surface area contributed by atoms with Crippen LogP contribution in [0, 0.1) is 16.7 Å². The molecule has 10 nitrogen and oxygen atoms in total. The first-order valence-corrected chi connectivity index (χ1v) is 13.2. The predicted octanol–water partition coefficient (Wildman–Crippen LogP) is 3.76. The van der Waals surface area contributed by atoms with E-state index < -0.39 is 5.92 Å². The number of anilines is 1. The van der Waals surface area contributed by atoms with Gasteiger partial charge in [-0.3, -0.25) is 14.5 Å². The van der Waals surface area contributed by atoms with Gasteiger partial charge in [0.05, 0.1) is 44.6 Å². The summed E-state index contributed by atoms with van der Waals surface area (Å²) in [6.45, 7) is 4.04. The van der Waals surface area contributed by atoms with Gasteiger partial charge in [-0.1, -0.05) is 36.9 Å². The summed E-state index contributed by atoms with van der Waals surface area (Å²) in [7, 11) is 4.41. The van der Waals surface area contributed by atoms with Gasteiger partial charge in [0, 0.05) is 23.3 Å². The number of nitrogens with two attached hydrogens (primary N) is 1. The summed E-state index contributed by atoms with van der Waals surface area (Å²) in [5, 5.41) is 19.2. The van der Waals surface area contributed by atoms with E-state index in [1.807, 2.05) is 13.8 Å². The first-order valence-electron chi connectivity index (χ1n) is 11.3. The zero-order chi connectivity index (χ0) is 26.9. The van der Waals surface area contributed by atoms with E-state index in [9.17, 15) is 14.9 Å². The lowest BCUT2D eigenvalue weighted by Crippen LogP contribution is -2.42. The molecule has 1 atom stereocenters. The molecule has 1 unspecified atom stereocenters. The van der Waals surface area contributed by atoms with Crippen LogP contribution in [0.1, 0.15) is 38.2 Å². The van der Waals surface area contributed by atoms with E-state index in [1.165, 1.54) is 37.3 Å². The molecule has 1 aromatic heterocycles. The van der Waals surface area contributed by atoms with Crippen molar-refractivity contribution in [3.63, 3.8) is 0 Å². The van der Waals surface area contributed by atoms with Crippen molar-refractivity contribution in [3.05, 3.63) is 46.4 Å². The fraction of sp³-hybridized carbons (Fsp3) is 0.400. The molecule has 2 N–H and O–H groups in total. The third-order valence-corrected chi connectivity index (χ3v) is 8.27. The minimum atomic E-state index is -0.731. The second-order valence-electron chi connectivity index (χ2n) is 9.30. The number of ketones is 1. The number of ether oxygens (including phenoxy) is 3. The van der Waals surface area contributed by atoms with Crippen LogP contribution >= 0.6 is 23.1 Å². The van der Waals surface area contributed by atoms with Gasteiger partial charge in [-0.15, -0.1) is 10.2 Å². The third-order valence-electron chi connectivity index (χ3n) is 6.26. The molecule has 1 aliphatic carbocycles. The molecule has 2 aliphatic rings. The predicted molar refractivity (Wildman–Crippen MR) is 139 cm³/mol. The molecule has 0 radical (unpaired) electrons. The highest BCUT2D eigenvalue weighted by Crippen LogP contribution is 2.52. The summed E-state index contributed by atoms with van der Waals surface area (Å²) in [5.41, 5.74) is 8.32. The number of aromatic nitrogens is 2. The van der Waals surface area contributed by atoms with Gasteiger partial charge in [0.15, 0.2) is 10.1 Å². The van der Waals surface area contributed by atoms with E-state index in [2.05, 4.69) is 16.3 Å². The Morgan fingerprint density at radius 3 is 2.68 bits per heavy atom. The van der Waals surface area contributed by atoms with Crippen molar-refractivity contribution in [2.75, 3.05) is 32.0 Å². The average molecular weight is 542 g/mol. The number of allylic oxidation sites excluding steroid dienone is 3. The molecule has 194 valence electrons. The van der Waals surface area contributed by atoms with Crippen molar-refractivity contribution in [1.29, 1.82) is 5.26 Å². The topological polar surface area (TPSA) is 141 Å². The molecular formula is C25H27N5O5S2. The average Bonchev–Trinajstić information content (AvgIpc) is 3.33. The lowest BCUT2D eigenvalue weighted by Gasteiger charge is -2.42. The Morgan fingerprint density at radius 1 is 1.27 bits per heavy atom. The molecule has 37 heavy (non-hydrogen) atoms. The lowest BCUT2D eigenvalue weighted by molar-refractivity contribution is -0.137. The Bertz CT molecular complexity index is 1360. The number of carbonyl (C=O) groups excluding carboxylic acids is 2. The Balaban J connectivity index is 1.90. The number of rotatable bonds is 7. The molecule has 2 aromatic rings. The van der Waals surface area contributed by atoms with Crippen molar-refractivity contribution in [3.8, 4) is 17.6 Å². The standard InChI is InChI=1S/C25H27N5O5S2/c1-25(2)9-16-21(17(31)10-25)20(14-8-13(33-3)6-7-18(14)34-4)15(11-26)22(27)30(16)23-28-29-24(37-23)36-12-19(32)35-5/h6-8,20H,9-10,12,27H2,1-5H3. The fourth-order valence-electron chi connectivity index (χ4n) is 4.63. The molecular weight excluding hydrogens is 514 g/mol.